The summed E-state index contributed by atoms with van der Waals surface area (Å²) in [5.74, 6) is -0.801. The van der Waals surface area contributed by atoms with Gasteiger partial charge in [-0.3, -0.25) is 4.72 Å². The second-order valence-electron chi connectivity index (χ2n) is 2.83. The molecule has 0 aliphatic rings. The second kappa shape index (κ2) is 4.78. The molecule has 0 atom stereocenters. The molecule has 0 fully saturated rings. The Morgan fingerprint density at radius 3 is 2.73 bits per heavy atom. The first-order valence-electron chi connectivity index (χ1n) is 4.10. The highest BCUT2D eigenvalue weighted by Crippen LogP contribution is 2.23. The SMILES string of the molecule is NCCS(=O)(=O)Nc1cc(F)ccc1Cl. The third kappa shape index (κ3) is 3.65. The Balaban J connectivity index is 2.94. The molecule has 3 N–H and O–H groups in total. The molecular formula is C8H10ClFN2O2S. The maximum atomic E-state index is 12.8. The molecule has 0 heterocycles. The third-order valence-electron chi connectivity index (χ3n) is 1.58. The highest BCUT2D eigenvalue weighted by atomic mass is 35.5. The molecule has 7 heteroatoms. The lowest BCUT2D eigenvalue weighted by atomic mass is 10.3. The van der Waals surface area contributed by atoms with Crippen LogP contribution in [-0.4, -0.2) is 20.7 Å². The molecule has 0 radical (unpaired) electrons. The summed E-state index contributed by atoms with van der Waals surface area (Å²) in [4.78, 5) is 0. The molecule has 1 aromatic rings. The maximum absolute atomic E-state index is 12.8. The molecule has 15 heavy (non-hydrogen) atoms. The van der Waals surface area contributed by atoms with Gasteiger partial charge in [0.15, 0.2) is 0 Å². The van der Waals surface area contributed by atoms with Crippen molar-refractivity contribution in [2.24, 2.45) is 5.73 Å². The van der Waals surface area contributed by atoms with E-state index >= 15 is 0 Å². The fraction of sp³-hybridized carbons (Fsp3) is 0.250. The summed E-state index contributed by atoms with van der Waals surface area (Å²) < 4.78 is 37.5. The number of benzene rings is 1. The predicted octanol–water partition coefficient (Wildman–Crippen LogP) is 1.18. The summed E-state index contributed by atoms with van der Waals surface area (Å²) in [6.45, 7) is -0.0116. The van der Waals surface area contributed by atoms with E-state index in [2.05, 4.69) is 4.72 Å². The molecule has 0 aliphatic heterocycles. The Hall–Kier alpha value is -0.850. The molecule has 0 spiro atoms. The Bertz CT molecular complexity index is 450. The number of hydrogen-bond donors (Lipinski definition) is 2. The van der Waals surface area contributed by atoms with Crippen LogP contribution in [0.3, 0.4) is 0 Å². The van der Waals surface area contributed by atoms with E-state index < -0.39 is 15.8 Å². The van der Waals surface area contributed by atoms with Gasteiger partial charge in [0.25, 0.3) is 0 Å². The molecule has 1 rings (SSSR count). The van der Waals surface area contributed by atoms with E-state index in [1.165, 1.54) is 6.07 Å². The lowest BCUT2D eigenvalue weighted by molar-refractivity contribution is 0.601. The number of nitrogens with one attached hydrogen (secondary N) is 1. The quantitative estimate of drug-likeness (QED) is 0.845. The van der Waals surface area contributed by atoms with E-state index in [9.17, 15) is 12.8 Å². The van der Waals surface area contributed by atoms with Crippen LogP contribution in [0.15, 0.2) is 18.2 Å². The fourth-order valence-electron chi connectivity index (χ4n) is 0.949. The Morgan fingerprint density at radius 2 is 2.13 bits per heavy atom. The molecule has 84 valence electrons. The van der Waals surface area contributed by atoms with Crippen molar-refractivity contribution >= 4 is 27.3 Å². The largest absolute Gasteiger partial charge is 0.329 e. The number of hydrogen-bond acceptors (Lipinski definition) is 3. The molecule has 1 aromatic carbocycles. The fourth-order valence-corrected chi connectivity index (χ4v) is 2.09. The van der Waals surface area contributed by atoms with Crippen molar-refractivity contribution in [1.82, 2.24) is 0 Å². The number of sulfonamides is 1. The van der Waals surface area contributed by atoms with Gasteiger partial charge in [0.1, 0.15) is 5.82 Å². The standard InChI is InChI=1S/C8H10ClFN2O2S/c9-7-2-1-6(10)5-8(7)12-15(13,14)4-3-11/h1-2,5,12H,3-4,11H2. The van der Waals surface area contributed by atoms with E-state index in [1.807, 2.05) is 0 Å². The summed E-state index contributed by atoms with van der Waals surface area (Å²) in [6, 6.07) is 3.43. The van der Waals surface area contributed by atoms with Crippen molar-refractivity contribution in [3.05, 3.63) is 29.0 Å². The number of rotatable bonds is 4. The van der Waals surface area contributed by atoms with Crippen LogP contribution in [0.2, 0.25) is 5.02 Å². The Morgan fingerprint density at radius 1 is 1.47 bits per heavy atom. The average Bonchev–Trinajstić information content (AvgIpc) is 2.10. The molecular weight excluding hydrogens is 243 g/mol. The van der Waals surface area contributed by atoms with E-state index in [-0.39, 0.29) is 23.0 Å². The van der Waals surface area contributed by atoms with Gasteiger partial charge in [-0.15, -0.1) is 0 Å². The topological polar surface area (TPSA) is 72.2 Å². The maximum Gasteiger partial charge on any atom is 0.234 e. The minimum absolute atomic E-state index is 0.0116. The Kier molecular flexibility index (Phi) is 3.90. The normalized spacial score (nSPS) is 11.4. The minimum atomic E-state index is -3.55. The minimum Gasteiger partial charge on any atom is -0.329 e. The van der Waals surface area contributed by atoms with Crippen molar-refractivity contribution in [3.63, 3.8) is 0 Å². The van der Waals surface area contributed by atoms with Gasteiger partial charge < -0.3 is 5.73 Å². The van der Waals surface area contributed by atoms with Gasteiger partial charge in [0, 0.05) is 6.54 Å². The summed E-state index contributed by atoms with van der Waals surface area (Å²) >= 11 is 5.68. The summed E-state index contributed by atoms with van der Waals surface area (Å²) in [6.07, 6.45) is 0. The molecule has 0 aliphatic carbocycles. The summed E-state index contributed by atoms with van der Waals surface area (Å²) in [5.41, 5.74) is 5.13. The van der Waals surface area contributed by atoms with Crippen molar-refractivity contribution in [2.45, 2.75) is 0 Å². The number of nitrogens with two attached hydrogens (primary N) is 1. The van der Waals surface area contributed by atoms with Crippen LogP contribution in [-0.2, 0) is 10.0 Å². The number of halogens is 2. The van der Waals surface area contributed by atoms with E-state index in [0.29, 0.717) is 0 Å². The van der Waals surface area contributed by atoms with Crippen LogP contribution in [0.4, 0.5) is 10.1 Å². The molecule has 0 aromatic heterocycles. The van der Waals surface area contributed by atoms with Crippen molar-refractivity contribution < 1.29 is 12.8 Å². The van der Waals surface area contributed by atoms with Crippen molar-refractivity contribution in [3.8, 4) is 0 Å². The van der Waals surface area contributed by atoms with Crippen molar-refractivity contribution in [2.75, 3.05) is 17.0 Å². The van der Waals surface area contributed by atoms with E-state index in [1.54, 1.807) is 0 Å². The van der Waals surface area contributed by atoms with Crippen LogP contribution in [0.1, 0.15) is 0 Å². The van der Waals surface area contributed by atoms with E-state index in [4.69, 9.17) is 17.3 Å². The third-order valence-corrected chi connectivity index (χ3v) is 3.21. The molecule has 0 amide bonds. The highest BCUT2D eigenvalue weighted by molar-refractivity contribution is 7.92. The van der Waals surface area contributed by atoms with Crippen LogP contribution in [0.5, 0.6) is 0 Å². The van der Waals surface area contributed by atoms with Crippen LogP contribution in [0, 0.1) is 5.82 Å². The van der Waals surface area contributed by atoms with Gasteiger partial charge in [0.2, 0.25) is 10.0 Å². The van der Waals surface area contributed by atoms with Crippen LogP contribution < -0.4 is 10.5 Å². The first-order valence-corrected chi connectivity index (χ1v) is 6.13. The Labute approximate surface area is 92.3 Å². The van der Waals surface area contributed by atoms with Crippen LogP contribution >= 0.6 is 11.6 Å². The summed E-state index contributed by atoms with van der Waals surface area (Å²) in [5, 5.41) is 0.136. The van der Waals surface area contributed by atoms with Gasteiger partial charge >= 0.3 is 0 Å². The number of anilines is 1. The van der Waals surface area contributed by atoms with Gasteiger partial charge in [-0.2, -0.15) is 0 Å². The molecule has 4 nitrogen and oxygen atoms in total. The van der Waals surface area contributed by atoms with Gasteiger partial charge in [-0.25, -0.2) is 12.8 Å². The monoisotopic (exact) mass is 252 g/mol. The van der Waals surface area contributed by atoms with Gasteiger partial charge in [0.05, 0.1) is 16.5 Å². The van der Waals surface area contributed by atoms with Crippen LogP contribution in [0.25, 0.3) is 0 Å². The zero-order chi connectivity index (χ0) is 11.5. The van der Waals surface area contributed by atoms with E-state index in [0.717, 1.165) is 12.1 Å². The first kappa shape index (κ1) is 12.2. The first-order chi connectivity index (χ1) is 6.94. The average molecular weight is 253 g/mol. The predicted molar refractivity (Wildman–Crippen MR) is 57.9 cm³/mol. The zero-order valence-corrected chi connectivity index (χ0v) is 9.28. The van der Waals surface area contributed by atoms with Gasteiger partial charge in [-0.05, 0) is 18.2 Å². The lowest BCUT2D eigenvalue weighted by Gasteiger charge is -2.08. The molecule has 0 bridgehead atoms. The summed E-state index contributed by atoms with van der Waals surface area (Å²) in [7, 11) is -3.55. The van der Waals surface area contributed by atoms with Crippen molar-refractivity contribution in [1.29, 1.82) is 0 Å². The second-order valence-corrected chi connectivity index (χ2v) is 5.08. The zero-order valence-electron chi connectivity index (χ0n) is 7.70. The van der Waals surface area contributed by atoms with Gasteiger partial charge in [-0.1, -0.05) is 11.6 Å². The molecule has 0 unspecified atom stereocenters. The highest BCUT2D eigenvalue weighted by Gasteiger charge is 2.11. The smallest absolute Gasteiger partial charge is 0.234 e. The molecule has 0 saturated heterocycles. The lowest BCUT2D eigenvalue weighted by Crippen LogP contribution is -2.22. The molecule has 0 saturated carbocycles.